The van der Waals surface area contributed by atoms with Gasteiger partial charge in [-0.1, -0.05) is 0 Å². The minimum atomic E-state index is -1.36. The molecule has 140 valence electrons. The lowest BCUT2D eigenvalue weighted by atomic mass is 9.70. The average Bonchev–Trinajstić information content (AvgIpc) is 3.11. The molecule has 6 N–H and O–H groups in total. The number of hydrogen-bond acceptors (Lipinski definition) is 6. The standard InChI is InChI=1S/C17H26N2O5S/c18-15(21)12-3-6-17(23,7-4-12)14(16(22)19-24)9-13(20)2-1-11-5-8-25-10-11/h5,8,10,12-14,20,23-24H,1-4,6-7,9H2,(H2,18,21)(H,19,22). The van der Waals surface area contributed by atoms with Crippen LogP contribution in [0.15, 0.2) is 16.8 Å². The predicted molar refractivity (Wildman–Crippen MR) is 92.8 cm³/mol. The number of nitrogens with one attached hydrogen (secondary N) is 1. The zero-order valence-corrected chi connectivity index (χ0v) is 14.9. The number of hydroxylamine groups is 1. The third kappa shape index (κ3) is 5.24. The lowest BCUT2D eigenvalue weighted by Crippen LogP contribution is -2.50. The summed E-state index contributed by atoms with van der Waals surface area (Å²) in [6, 6.07) is 1.98. The van der Waals surface area contributed by atoms with Crippen LogP contribution in [0.1, 0.15) is 44.1 Å². The molecule has 2 rings (SSSR count). The summed E-state index contributed by atoms with van der Waals surface area (Å²) in [6.45, 7) is 0. The van der Waals surface area contributed by atoms with Crippen LogP contribution in [0.25, 0.3) is 0 Å². The van der Waals surface area contributed by atoms with Gasteiger partial charge in [0, 0.05) is 5.92 Å². The molecular weight excluding hydrogens is 344 g/mol. The predicted octanol–water partition coefficient (Wildman–Crippen LogP) is 0.960. The summed E-state index contributed by atoms with van der Waals surface area (Å²) in [5.41, 5.74) is 6.66. The maximum absolute atomic E-state index is 12.1. The Morgan fingerprint density at radius 2 is 2.08 bits per heavy atom. The van der Waals surface area contributed by atoms with Gasteiger partial charge in [-0.05, 0) is 67.3 Å². The van der Waals surface area contributed by atoms with Gasteiger partial charge < -0.3 is 15.9 Å². The maximum Gasteiger partial charge on any atom is 0.249 e. The fourth-order valence-electron chi connectivity index (χ4n) is 3.56. The van der Waals surface area contributed by atoms with E-state index in [1.165, 1.54) is 0 Å². The van der Waals surface area contributed by atoms with Gasteiger partial charge in [0.25, 0.3) is 0 Å². The molecular formula is C17H26N2O5S. The van der Waals surface area contributed by atoms with E-state index in [-0.39, 0.29) is 25.2 Å². The van der Waals surface area contributed by atoms with Crippen LogP contribution in [0.4, 0.5) is 0 Å². The Morgan fingerprint density at radius 1 is 1.40 bits per heavy atom. The van der Waals surface area contributed by atoms with Gasteiger partial charge in [0.2, 0.25) is 11.8 Å². The van der Waals surface area contributed by atoms with Crippen LogP contribution in [-0.2, 0) is 16.0 Å². The number of aliphatic hydroxyl groups is 2. The second-order valence-electron chi connectivity index (χ2n) is 6.87. The number of carbonyl (C=O) groups is 2. The van der Waals surface area contributed by atoms with Crippen LogP contribution in [0.5, 0.6) is 0 Å². The van der Waals surface area contributed by atoms with Gasteiger partial charge in [-0.25, -0.2) is 5.48 Å². The van der Waals surface area contributed by atoms with Crippen molar-refractivity contribution in [1.82, 2.24) is 5.48 Å². The molecule has 0 aromatic carbocycles. The van der Waals surface area contributed by atoms with Crippen molar-refractivity contribution in [2.75, 3.05) is 0 Å². The molecule has 0 saturated heterocycles. The molecule has 25 heavy (non-hydrogen) atoms. The first-order chi connectivity index (χ1) is 11.9. The Hall–Kier alpha value is -1.48. The largest absolute Gasteiger partial charge is 0.393 e. The first-order valence-electron chi connectivity index (χ1n) is 8.50. The minimum Gasteiger partial charge on any atom is -0.393 e. The van der Waals surface area contributed by atoms with Gasteiger partial charge in [-0.2, -0.15) is 11.3 Å². The number of carbonyl (C=O) groups excluding carboxylic acids is 2. The highest BCUT2D eigenvalue weighted by Gasteiger charge is 2.45. The van der Waals surface area contributed by atoms with Crippen molar-refractivity contribution in [3.05, 3.63) is 22.4 Å². The van der Waals surface area contributed by atoms with Gasteiger partial charge in [-0.15, -0.1) is 0 Å². The molecule has 1 fully saturated rings. The van der Waals surface area contributed by atoms with Crippen molar-refractivity contribution >= 4 is 23.2 Å². The molecule has 0 radical (unpaired) electrons. The summed E-state index contributed by atoms with van der Waals surface area (Å²) in [5.74, 6) is -2.36. The lowest BCUT2D eigenvalue weighted by molar-refractivity contribution is -0.150. The van der Waals surface area contributed by atoms with E-state index in [0.29, 0.717) is 25.7 Å². The second-order valence-corrected chi connectivity index (χ2v) is 7.65. The third-order valence-electron chi connectivity index (χ3n) is 5.18. The molecule has 1 aromatic heterocycles. The number of aryl methyl sites for hydroxylation is 1. The van der Waals surface area contributed by atoms with Crippen molar-refractivity contribution in [3.8, 4) is 0 Å². The van der Waals surface area contributed by atoms with E-state index in [4.69, 9.17) is 10.9 Å². The summed E-state index contributed by atoms with van der Waals surface area (Å²) < 4.78 is 0. The number of nitrogens with two attached hydrogens (primary N) is 1. The van der Waals surface area contributed by atoms with Gasteiger partial charge in [0.05, 0.1) is 17.6 Å². The fraction of sp³-hybridized carbons (Fsp3) is 0.647. The molecule has 1 aliphatic carbocycles. The van der Waals surface area contributed by atoms with Crippen molar-refractivity contribution in [2.24, 2.45) is 17.6 Å². The van der Waals surface area contributed by atoms with E-state index in [1.54, 1.807) is 16.8 Å². The molecule has 0 aliphatic heterocycles. The molecule has 1 saturated carbocycles. The molecule has 0 spiro atoms. The van der Waals surface area contributed by atoms with Crippen molar-refractivity contribution in [1.29, 1.82) is 0 Å². The number of thiophene rings is 1. The second kappa shape index (κ2) is 8.75. The minimum absolute atomic E-state index is 0.0499. The summed E-state index contributed by atoms with van der Waals surface area (Å²) in [5, 5.41) is 34.2. The highest BCUT2D eigenvalue weighted by Crippen LogP contribution is 2.39. The van der Waals surface area contributed by atoms with E-state index in [1.807, 2.05) is 16.8 Å². The Bertz CT molecular complexity index is 570. The molecule has 2 amide bonds. The quantitative estimate of drug-likeness (QED) is 0.343. The molecule has 1 aliphatic rings. The number of primary amides is 1. The van der Waals surface area contributed by atoms with Gasteiger partial charge in [-0.3, -0.25) is 14.8 Å². The highest BCUT2D eigenvalue weighted by molar-refractivity contribution is 7.07. The number of rotatable bonds is 8. The molecule has 1 heterocycles. The van der Waals surface area contributed by atoms with Gasteiger partial charge in [0.15, 0.2) is 0 Å². The van der Waals surface area contributed by atoms with Crippen LogP contribution in [0, 0.1) is 11.8 Å². The van der Waals surface area contributed by atoms with E-state index >= 15 is 0 Å². The Balaban J connectivity index is 1.98. The normalized spacial score (nSPS) is 26.0. The van der Waals surface area contributed by atoms with Crippen LogP contribution in [0.2, 0.25) is 0 Å². The molecule has 1 aromatic rings. The molecule has 2 unspecified atom stereocenters. The topological polar surface area (TPSA) is 133 Å². The highest BCUT2D eigenvalue weighted by atomic mass is 32.1. The first kappa shape index (κ1) is 19.8. The van der Waals surface area contributed by atoms with Crippen LogP contribution >= 0.6 is 11.3 Å². The van der Waals surface area contributed by atoms with Crippen molar-refractivity contribution in [3.63, 3.8) is 0 Å². The Morgan fingerprint density at radius 3 is 2.60 bits per heavy atom. The summed E-state index contributed by atoms with van der Waals surface area (Å²) in [7, 11) is 0. The average molecular weight is 370 g/mol. The van der Waals surface area contributed by atoms with E-state index < -0.39 is 29.4 Å². The van der Waals surface area contributed by atoms with Crippen molar-refractivity contribution < 1.29 is 25.0 Å². The number of aliphatic hydroxyl groups excluding tert-OH is 1. The van der Waals surface area contributed by atoms with Crippen LogP contribution in [0.3, 0.4) is 0 Å². The molecule has 7 nitrogen and oxygen atoms in total. The number of hydrogen-bond donors (Lipinski definition) is 5. The van der Waals surface area contributed by atoms with E-state index in [2.05, 4.69) is 0 Å². The third-order valence-corrected chi connectivity index (χ3v) is 5.92. The van der Waals surface area contributed by atoms with Crippen molar-refractivity contribution in [2.45, 2.75) is 56.7 Å². The van der Waals surface area contributed by atoms with E-state index in [9.17, 15) is 19.8 Å². The molecule has 2 atom stereocenters. The Labute approximate surface area is 150 Å². The van der Waals surface area contributed by atoms with Crippen LogP contribution < -0.4 is 11.2 Å². The zero-order valence-electron chi connectivity index (χ0n) is 14.1. The lowest BCUT2D eigenvalue weighted by Gasteiger charge is -2.40. The fourth-order valence-corrected chi connectivity index (χ4v) is 4.26. The van der Waals surface area contributed by atoms with Gasteiger partial charge in [0.1, 0.15) is 0 Å². The number of amides is 2. The summed E-state index contributed by atoms with van der Waals surface area (Å²) in [6.07, 6.45) is 1.67. The zero-order chi connectivity index (χ0) is 18.4. The van der Waals surface area contributed by atoms with Gasteiger partial charge >= 0.3 is 0 Å². The molecule has 0 bridgehead atoms. The maximum atomic E-state index is 12.1. The summed E-state index contributed by atoms with van der Waals surface area (Å²) >= 11 is 1.58. The SMILES string of the molecule is NC(=O)C1CCC(O)(C(CC(O)CCc2ccsc2)C(=O)NO)CC1. The summed E-state index contributed by atoms with van der Waals surface area (Å²) in [4.78, 5) is 23.4. The molecule has 8 heteroatoms. The van der Waals surface area contributed by atoms with E-state index in [0.717, 1.165) is 5.56 Å². The smallest absolute Gasteiger partial charge is 0.249 e. The monoisotopic (exact) mass is 370 g/mol. The first-order valence-corrected chi connectivity index (χ1v) is 9.45. The van der Waals surface area contributed by atoms with Crippen LogP contribution in [-0.4, -0.2) is 38.9 Å². The Kier molecular flexibility index (Phi) is 6.95.